The number of aryl methyl sites for hydroxylation is 1. The van der Waals surface area contributed by atoms with Gasteiger partial charge in [0.1, 0.15) is 5.82 Å². The molecular formula is C17H21N5O4S. The molecule has 3 rings (SSSR count). The van der Waals surface area contributed by atoms with Crippen molar-refractivity contribution in [3.63, 3.8) is 0 Å². The van der Waals surface area contributed by atoms with E-state index >= 15 is 0 Å². The van der Waals surface area contributed by atoms with Gasteiger partial charge in [-0.3, -0.25) is 4.98 Å². The summed E-state index contributed by atoms with van der Waals surface area (Å²) in [5.74, 6) is -0.664. The third-order valence-corrected chi connectivity index (χ3v) is 6.36. The topological polar surface area (TPSA) is 117 Å². The van der Waals surface area contributed by atoms with Crippen LogP contribution in [0.25, 0.3) is 11.3 Å². The quantitative estimate of drug-likeness (QED) is 0.820. The highest BCUT2D eigenvalue weighted by atomic mass is 32.2. The van der Waals surface area contributed by atoms with Gasteiger partial charge in [-0.1, -0.05) is 0 Å². The predicted molar refractivity (Wildman–Crippen MR) is 98.2 cm³/mol. The second kappa shape index (κ2) is 7.29. The number of carbonyl (C=O) groups is 1. The Morgan fingerprint density at radius 2 is 2.00 bits per heavy atom. The van der Waals surface area contributed by atoms with Crippen molar-refractivity contribution >= 4 is 16.2 Å². The molecular weight excluding hydrogens is 370 g/mol. The van der Waals surface area contributed by atoms with Crippen LogP contribution in [0.3, 0.4) is 0 Å². The lowest BCUT2D eigenvalue weighted by molar-refractivity contribution is 0.0696. The van der Waals surface area contributed by atoms with Gasteiger partial charge in [0.25, 0.3) is 10.2 Å². The molecule has 1 fully saturated rings. The van der Waals surface area contributed by atoms with Crippen LogP contribution in [0.1, 0.15) is 40.8 Å². The molecule has 0 spiro atoms. The second-order valence-electron chi connectivity index (χ2n) is 6.58. The molecule has 0 aliphatic carbocycles. The first kappa shape index (κ1) is 19.3. The first-order valence-corrected chi connectivity index (χ1v) is 9.83. The number of carboxylic acids is 1. The van der Waals surface area contributed by atoms with E-state index in [2.05, 4.69) is 15.0 Å². The standard InChI is InChI=1S/C17H21N5O4S/c1-11-7-14(12-8-13(17(23)24)10-18-9-12)20-16(19-11)15-5-4-6-22(15)27(25,26)21(2)3/h7-10,15H,4-6H2,1-3H3,(H,23,24)/t15-/m0/s1. The Labute approximate surface area is 157 Å². The van der Waals surface area contributed by atoms with Gasteiger partial charge < -0.3 is 5.11 Å². The van der Waals surface area contributed by atoms with Crippen LogP contribution in [-0.2, 0) is 10.2 Å². The van der Waals surface area contributed by atoms with Crippen molar-refractivity contribution in [3.8, 4) is 11.3 Å². The summed E-state index contributed by atoms with van der Waals surface area (Å²) in [5.41, 5.74) is 1.79. The van der Waals surface area contributed by atoms with E-state index in [4.69, 9.17) is 5.11 Å². The van der Waals surface area contributed by atoms with Crippen molar-refractivity contribution in [1.82, 2.24) is 23.6 Å². The highest BCUT2D eigenvalue weighted by Gasteiger charge is 2.38. The molecule has 144 valence electrons. The molecule has 3 heterocycles. The smallest absolute Gasteiger partial charge is 0.337 e. The highest BCUT2D eigenvalue weighted by Crippen LogP contribution is 2.34. The normalized spacial score (nSPS) is 18.1. The van der Waals surface area contributed by atoms with Gasteiger partial charge in [0.2, 0.25) is 0 Å². The van der Waals surface area contributed by atoms with Gasteiger partial charge >= 0.3 is 5.97 Å². The Hall–Kier alpha value is -2.43. The Morgan fingerprint density at radius 1 is 1.26 bits per heavy atom. The molecule has 10 heteroatoms. The maximum absolute atomic E-state index is 12.6. The van der Waals surface area contributed by atoms with Crippen molar-refractivity contribution in [3.05, 3.63) is 41.6 Å². The lowest BCUT2D eigenvalue weighted by Gasteiger charge is -2.26. The first-order valence-electron chi connectivity index (χ1n) is 8.43. The van der Waals surface area contributed by atoms with Crippen molar-refractivity contribution in [2.24, 2.45) is 0 Å². The van der Waals surface area contributed by atoms with Crippen LogP contribution in [-0.4, -0.2) is 63.7 Å². The van der Waals surface area contributed by atoms with E-state index in [1.807, 2.05) is 0 Å². The summed E-state index contributed by atoms with van der Waals surface area (Å²) < 4.78 is 27.8. The molecule has 27 heavy (non-hydrogen) atoms. The number of pyridine rings is 1. The average Bonchev–Trinajstić information content (AvgIpc) is 3.11. The largest absolute Gasteiger partial charge is 0.478 e. The molecule has 1 aliphatic heterocycles. The van der Waals surface area contributed by atoms with Crippen LogP contribution in [0.4, 0.5) is 0 Å². The molecule has 0 unspecified atom stereocenters. The summed E-state index contributed by atoms with van der Waals surface area (Å²) in [6.07, 6.45) is 4.15. The van der Waals surface area contributed by atoms with Gasteiger partial charge in [0.15, 0.2) is 0 Å². The molecule has 1 aliphatic rings. The fraction of sp³-hybridized carbons (Fsp3) is 0.412. The van der Waals surface area contributed by atoms with Crippen LogP contribution in [0.2, 0.25) is 0 Å². The van der Waals surface area contributed by atoms with E-state index in [0.717, 1.165) is 6.42 Å². The van der Waals surface area contributed by atoms with Crippen LogP contribution in [0.15, 0.2) is 24.5 Å². The van der Waals surface area contributed by atoms with Crippen LogP contribution in [0.5, 0.6) is 0 Å². The van der Waals surface area contributed by atoms with E-state index < -0.39 is 22.2 Å². The van der Waals surface area contributed by atoms with E-state index in [1.54, 1.807) is 13.0 Å². The maximum Gasteiger partial charge on any atom is 0.337 e. The lowest BCUT2D eigenvalue weighted by Crippen LogP contribution is -2.40. The van der Waals surface area contributed by atoms with E-state index in [0.29, 0.717) is 35.7 Å². The molecule has 1 atom stereocenters. The van der Waals surface area contributed by atoms with Crippen molar-refractivity contribution in [1.29, 1.82) is 0 Å². The number of carboxylic acid groups (broad SMARTS) is 1. The summed E-state index contributed by atoms with van der Waals surface area (Å²) in [6.45, 7) is 2.21. The summed E-state index contributed by atoms with van der Waals surface area (Å²) in [4.78, 5) is 24.1. The van der Waals surface area contributed by atoms with Gasteiger partial charge in [-0.25, -0.2) is 14.8 Å². The van der Waals surface area contributed by atoms with Gasteiger partial charge in [-0.2, -0.15) is 17.0 Å². The van der Waals surface area contributed by atoms with E-state index in [1.165, 1.54) is 41.2 Å². The van der Waals surface area contributed by atoms with Crippen molar-refractivity contribution < 1.29 is 18.3 Å². The van der Waals surface area contributed by atoms with E-state index in [-0.39, 0.29) is 5.56 Å². The minimum absolute atomic E-state index is 0.0583. The Kier molecular flexibility index (Phi) is 5.22. The summed E-state index contributed by atoms with van der Waals surface area (Å²) >= 11 is 0. The second-order valence-corrected chi connectivity index (χ2v) is 8.67. The third-order valence-electron chi connectivity index (χ3n) is 4.41. The zero-order valence-electron chi connectivity index (χ0n) is 15.3. The van der Waals surface area contributed by atoms with Crippen molar-refractivity contribution in [2.75, 3.05) is 20.6 Å². The molecule has 1 saturated heterocycles. The van der Waals surface area contributed by atoms with Crippen LogP contribution >= 0.6 is 0 Å². The SMILES string of the molecule is Cc1cc(-c2cncc(C(=O)O)c2)nc([C@@H]2CCCN2S(=O)(=O)N(C)C)n1. The molecule has 2 aromatic rings. The Bertz CT molecular complexity index is 977. The molecule has 9 nitrogen and oxygen atoms in total. The number of aromatic carboxylic acids is 1. The zero-order chi connectivity index (χ0) is 19.8. The van der Waals surface area contributed by atoms with Crippen LogP contribution in [0, 0.1) is 6.92 Å². The zero-order valence-corrected chi connectivity index (χ0v) is 16.1. The fourth-order valence-electron chi connectivity index (χ4n) is 3.07. The number of aromatic nitrogens is 3. The van der Waals surface area contributed by atoms with Gasteiger partial charge in [0.05, 0.1) is 17.3 Å². The van der Waals surface area contributed by atoms with Crippen molar-refractivity contribution in [2.45, 2.75) is 25.8 Å². The minimum atomic E-state index is -3.59. The number of nitrogens with zero attached hydrogens (tertiary/aromatic N) is 5. The molecule has 0 bridgehead atoms. The number of rotatable bonds is 5. The minimum Gasteiger partial charge on any atom is -0.478 e. The number of hydrogen-bond acceptors (Lipinski definition) is 6. The summed E-state index contributed by atoms with van der Waals surface area (Å²) in [5, 5.41) is 9.16. The number of hydrogen-bond donors (Lipinski definition) is 1. The molecule has 0 radical (unpaired) electrons. The van der Waals surface area contributed by atoms with E-state index in [9.17, 15) is 13.2 Å². The molecule has 2 aromatic heterocycles. The van der Waals surface area contributed by atoms with Gasteiger partial charge in [-0.15, -0.1) is 0 Å². The highest BCUT2D eigenvalue weighted by molar-refractivity contribution is 7.86. The fourth-order valence-corrected chi connectivity index (χ4v) is 4.37. The average molecular weight is 391 g/mol. The molecule has 1 N–H and O–H groups in total. The molecule has 0 saturated carbocycles. The Morgan fingerprint density at radius 3 is 2.67 bits per heavy atom. The lowest BCUT2D eigenvalue weighted by atomic mass is 10.1. The van der Waals surface area contributed by atoms with Crippen LogP contribution < -0.4 is 0 Å². The van der Waals surface area contributed by atoms with Gasteiger partial charge in [-0.05, 0) is 31.9 Å². The molecule has 0 amide bonds. The Balaban J connectivity index is 2.03. The molecule has 0 aromatic carbocycles. The summed E-state index contributed by atoms with van der Waals surface area (Å²) in [6, 6.07) is 2.77. The third kappa shape index (κ3) is 3.82. The first-order chi connectivity index (χ1) is 12.7. The maximum atomic E-state index is 12.6. The predicted octanol–water partition coefficient (Wildman–Crippen LogP) is 1.49. The monoisotopic (exact) mass is 391 g/mol. The van der Waals surface area contributed by atoms with Gasteiger partial charge in [0, 0.05) is 44.3 Å². The summed E-state index contributed by atoms with van der Waals surface area (Å²) in [7, 11) is -0.593.